The van der Waals surface area contributed by atoms with Gasteiger partial charge in [0, 0.05) is 52.2 Å². The molecule has 1 aliphatic heterocycles. The minimum Gasteiger partial charge on any atom is -0.480 e. The Kier molecular flexibility index (Phi) is 6.70. The molecular weight excluding hydrogens is 414 g/mol. The molecule has 27 heavy (non-hydrogen) atoms. The quantitative estimate of drug-likeness (QED) is 0.377. The standard InChI is InChI=1S/C17H26BrN7O2/c1-19-16(21-6-5-20-14(26)12-3-4-12)24-7-9-25(10-8-24)17-22-11-13(18)15(23-17)27-2/h11-12H,3-10H2,1-2H3,(H,19,21)(H,20,26). The van der Waals surface area contributed by atoms with Crippen molar-refractivity contribution in [1.29, 1.82) is 0 Å². The van der Waals surface area contributed by atoms with E-state index in [1.165, 1.54) is 0 Å². The van der Waals surface area contributed by atoms with E-state index in [0.717, 1.165) is 49.5 Å². The molecule has 1 aromatic rings. The van der Waals surface area contributed by atoms with Crippen molar-refractivity contribution in [1.82, 2.24) is 25.5 Å². The van der Waals surface area contributed by atoms with Crippen molar-refractivity contribution >= 4 is 33.7 Å². The molecule has 0 radical (unpaired) electrons. The Bertz CT molecular complexity index is 688. The van der Waals surface area contributed by atoms with Gasteiger partial charge in [0.25, 0.3) is 0 Å². The number of halogens is 1. The van der Waals surface area contributed by atoms with E-state index < -0.39 is 0 Å². The summed E-state index contributed by atoms with van der Waals surface area (Å²) >= 11 is 3.38. The van der Waals surface area contributed by atoms with Crippen molar-refractivity contribution < 1.29 is 9.53 Å². The number of aliphatic imine (C=N–C) groups is 1. The van der Waals surface area contributed by atoms with Gasteiger partial charge in [-0.15, -0.1) is 0 Å². The molecule has 3 rings (SSSR count). The summed E-state index contributed by atoms with van der Waals surface area (Å²) < 4.78 is 5.99. The molecule has 1 saturated carbocycles. The zero-order chi connectivity index (χ0) is 19.2. The van der Waals surface area contributed by atoms with E-state index in [1.54, 1.807) is 20.4 Å². The number of piperazine rings is 1. The van der Waals surface area contributed by atoms with Gasteiger partial charge < -0.3 is 25.2 Å². The van der Waals surface area contributed by atoms with Gasteiger partial charge in [-0.3, -0.25) is 9.79 Å². The lowest BCUT2D eigenvalue weighted by atomic mass is 10.3. The monoisotopic (exact) mass is 439 g/mol. The van der Waals surface area contributed by atoms with Crippen LogP contribution in [0.3, 0.4) is 0 Å². The largest absolute Gasteiger partial charge is 0.480 e. The number of hydrogen-bond donors (Lipinski definition) is 2. The Morgan fingerprint density at radius 1 is 1.30 bits per heavy atom. The lowest BCUT2D eigenvalue weighted by molar-refractivity contribution is -0.122. The number of guanidine groups is 1. The van der Waals surface area contributed by atoms with Gasteiger partial charge in [0.15, 0.2) is 5.96 Å². The predicted octanol–water partition coefficient (Wildman–Crippen LogP) is 0.471. The minimum absolute atomic E-state index is 0.172. The van der Waals surface area contributed by atoms with E-state index in [-0.39, 0.29) is 11.8 Å². The molecule has 2 heterocycles. The molecule has 9 nitrogen and oxygen atoms in total. The first-order valence-electron chi connectivity index (χ1n) is 9.17. The summed E-state index contributed by atoms with van der Waals surface area (Å²) in [5, 5.41) is 6.27. The van der Waals surface area contributed by atoms with E-state index in [0.29, 0.717) is 24.9 Å². The van der Waals surface area contributed by atoms with E-state index >= 15 is 0 Å². The molecule has 148 valence electrons. The van der Waals surface area contributed by atoms with Crippen LogP contribution in [0.25, 0.3) is 0 Å². The first-order valence-corrected chi connectivity index (χ1v) is 9.96. The molecule has 1 aliphatic carbocycles. The predicted molar refractivity (Wildman–Crippen MR) is 107 cm³/mol. The highest BCUT2D eigenvalue weighted by molar-refractivity contribution is 9.10. The Balaban J connectivity index is 1.44. The molecule has 0 spiro atoms. The van der Waals surface area contributed by atoms with E-state index in [4.69, 9.17) is 4.74 Å². The molecule has 2 fully saturated rings. The molecule has 1 amide bonds. The van der Waals surface area contributed by atoms with Crippen LogP contribution in [-0.4, -0.2) is 80.2 Å². The number of anilines is 1. The molecule has 0 bridgehead atoms. The van der Waals surface area contributed by atoms with Gasteiger partial charge in [0.1, 0.15) is 0 Å². The summed E-state index contributed by atoms with van der Waals surface area (Å²) in [7, 11) is 3.37. The van der Waals surface area contributed by atoms with Crippen LogP contribution in [0.5, 0.6) is 5.88 Å². The Labute approximate surface area is 167 Å². The van der Waals surface area contributed by atoms with Gasteiger partial charge in [-0.25, -0.2) is 4.98 Å². The average molecular weight is 440 g/mol. The topological polar surface area (TPSA) is 95.0 Å². The SMILES string of the molecule is CN=C(NCCNC(=O)C1CC1)N1CCN(c2ncc(Br)c(OC)n2)CC1. The molecule has 1 saturated heterocycles. The van der Waals surface area contributed by atoms with Gasteiger partial charge in [-0.05, 0) is 28.8 Å². The molecular formula is C17H26BrN7O2. The van der Waals surface area contributed by atoms with E-state index in [9.17, 15) is 4.79 Å². The number of nitrogens with zero attached hydrogens (tertiary/aromatic N) is 5. The average Bonchev–Trinajstić information content (AvgIpc) is 3.54. The zero-order valence-electron chi connectivity index (χ0n) is 15.7. The zero-order valence-corrected chi connectivity index (χ0v) is 17.3. The second-order valence-electron chi connectivity index (χ2n) is 6.54. The summed E-state index contributed by atoms with van der Waals surface area (Å²) in [6.07, 6.45) is 3.77. The van der Waals surface area contributed by atoms with Gasteiger partial charge in [0.05, 0.1) is 17.8 Å². The van der Waals surface area contributed by atoms with Gasteiger partial charge in [-0.1, -0.05) is 0 Å². The molecule has 0 aromatic carbocycles. The number of aromatic nitrogens is 2. The van der Waals surface area contributed by atoms with Crippen molar-refractivity contribution in [3.05, 3.63) is 10.7 Å². The highest BCUT2D eigenvalue weighted by Crippen LogP contribution is 2.28. The third-order valence-electron chi connectivity index (χ3n) is 4.62. The number of carbonyl (C=O) groups excluding carboxylic acids is 1. The maximum Gasteiger partial charge on any atom is 0.232 e. The summed E-state index contributed by atoms with van der Waals surface area (Å²) in [5.74, 6) is 2.47. The van der Waals surface area contributed by atoms with Gasteiger partial charge >= 0.3 is 0 Å². The van der Waals surface area contributed by atoms with Crippen LogP contribution < -0.4 is 20.3 Å². The summed E-state index contributed by atoms with van der Waals surface area (Å²) in [4.78, 5) is 29.2. The number of amides is 1. The lowest BCUT2D eigenvalue weighted by Crippen LogP contribution is -2.53. The van der Waals surface area contributed by atoms with Crippen LogP contribution in [-0.2, 0) is 4.79 Å². The summed E-state index contributed by atoms with van der Waals surface area (Å²) in [6.45, 7) is 4.50. The number of ether oxygens (including phenoxy) is 1. The van der Waals surface area contributed by atoms with Crippen molar-refractivity contribution in [3.8, 4) is 5.88 Å². The van der Waals surface area contributed by atoms with Crippen molar-refractivity contribution in [3.63, 3.8) is 0 Å². The fraction of sp³-hybridized carbons (Fsp3) is 0.647. The van der Waals surface area contributed by atoms with Crippen molar-refractivity contribution in [2.75, 3.05) is 58.3 Å². The van der Waals surface area contributed by atoms with E-state index in [2.05, 4.69) is 51.3 Å². The van der Waals surface area contributed by atoms with Gasteiger partial charge in [-0.2, -0.15) is 4.98 Å². The number of carbonyl (C=O) groups is 1. The van der Waals surface area contributed by atoms with Crippen LogP contribution >= 0.6 is 15.9 Å². The number of rotatable bonds is 6. The highest BCUT2D eigenvalue weighted by atomic mass is 79.9. The summed E-state index contributed by atoms with van der Waals surface area (Å²) in [5.41, 5.74) is 0. The lowest BCUT2D eigenvalue weighted by Gasteiger charge is -2.36. The van der Waals surface area contributed by atoms with Crippen LogP contribution in [0.15, 0.2) is 15.7 Å². The van der Waals surface area contributed by atoms with Gasteiger partial charge in [0.2, 0.25) is 17.7 Å². The smallest absolute Gasteiger partial charge is 0.232 e. The van der Waals surface area contributed by atoms with Crippen molar-refractivity contribution in [2.24, 2.45) is 10.9 Å². The second kappa shape index (κ2) is 9.20. The third kappa shape index (κ3) is 5.21. The highest BCUT2D eigenvalue weighted by Gasteiger charge is 2.29. The second-order valence-corrected chi connectivity index (χ2v) is 7.39. The summed E-state index contributed by atoms with van der Waals surface area (Å²) in [6, 6.07) is 0. The molecule has 10 heteroatoms. The minimum atomic E-state index is 0.172. The maximum absolute atomic E-state index is 11.7. The van der Waals surface area contributed by atoms with Crippen LogP contribution in [0.1, 0.15) is 12.8 Å². The molecule has 2 N–H and O–H groups in total. The molecule has 0 unspecified atom stereocenters. The molecule has 1 aromatic heterocycles. The first-order chi connectivity index (χ1) is 13.1. The van der Waals surface area contributed by atoms with Crippen LogP contribution in [0.4, 0.5) is 5.95 Å². The number of hydrogen-bond acceptors (Lipinski definition) is 6. The fourth-order valence-electron chi connectivity index (χ4n) is 2.94. The van der Waals surface area contributed by atoms with Crippen LogP contribution in [0.2, 0.25) is 0 Å². The molecule has 0 atom stereocenters. The Morgan fingerprint density at radius 3 is 2.63 bits per heavy atom. The normalized spacial score (nSPS) is 17.7. The number of methoxy groups -OCH3 is 1. The maximum atomic E-state index is 11.7. The number of nitrogens with one attached hydrogen (secondary N) is 2. The fourth-order valence-corrected chi connectivity index (χ4v) is 3.29. The van der Waals surface area contributed by atoms with E-state index in [1.807, 2.05) is 0 Å². The Hall–Kier alpha value is -2.10. The first kappa shape index (κ1) is 19.7. The molecule has 2 aliphatic rings. The Morgan fingerprint density at radius 2 is 2.00 bits per heavy atom. The van der Waals surface area contributed by atoms with Crippen LogP contribution in [0, 0.1) is 5.92 Å². The third-order valence-corrected chi connectivity index (χ3v) is 5.17. The van der Waals surface area contributed by atoms with Crippen molar-refractivity contribution in [2.45, 2.75) is 12.8 Å².